The number of aromatic nitrogens is 3. The molecular formula is C41H58Cl2N3Pd. The van der Waals surface area contributed by atoms with Gasteiger partial charge in [0.1, 0.15) is 0 Å². The van der Waals surface area contributed by atoms with Gasteiger partial charge in [0.2, 0.25) is 0 Å². The molecule has 4 rings (SSSR count). The molecule has 47 heavy (non-hydrogen) atoms. The van der Waals surface area contributed by atoms with Crippen LogP contribution in [-0.4, -0.2) is 14.1 Å². The summed E-state index contributed by atoms with van der Waals surface area (Å²) in [5.41, 5.74) is 9.00. The van der Waals surface area contributed by atoms with Crippen LogP contribution in [0.25, 0.3) is 11.4 Å². The zero-order chi connectivity index (χ0) is 34.3. The van der Waals surface area contributed by atoms with E-state index in [0.29, 0.717) is 23.7 Å². The van der Waals surface area contributed by atoms with Crippen LogP contribution in [0.3, 0.4) is 0 Å². The van der Waals surface area contributed by atoms with Crippen LogP contribution in [0.1, 0.15) is 158 Å². The molecule has 3 nitrogen and oxygen atoms in total. The summed E-state index contributed by atoms with van der Waals surface area (Å²) in [5.74, 6) is 1.73. The fourth-order valence-corrected chi connectivity index (χ4v) is 13.6. The summed E-state index contributed by atoms with van der Waals surface area (Å²) in [5, 5.41) is 0. The second-order valence-corrected chi connectivity index (χ2v) is 21.1. The van der Waals surface area contributed by atoms with E-state index in [1.165, 1.54) is 33.6 Å². The van der Waals surface area contributed by atoms with Gasteiger partial charge in [-0.3, -0.25) is 0 Å². The molecule has 2 aromatic carbocycles. The molecule has 0 aliphatic carbocycles. The van der Waals surface area contributed by atoms with E-state index in [2.05, 4.69) is 119 Å². The van der Waals surface area contributed by atoms with Crippen molar-refractivity contribution in [1.29, 1.82) is 0 Å². The van der Waals surface area contributed by atoms with Crippen molar-refractivity contribution in [3.8, 4) is 11.4 Å². The average molecular weight is 770 g/mol. The predicted octanol–water partition coefficient (Wildman–Crippen LogP) is 12.9. The second-order valence-electron chi connectivity index (χ2n) is 12.8. The first-order chi connectivity index (χ1) is 22.7. The molecule has 2 heterocycles. The third-order valence-electron chi connectivity index (χ3n) is 10.4. The maximum absolute atomic E-state index is 7.98. The number of imidazole rings is 1. The first-order valence-electron chi connectivity index (χ1n) is 18.1. The number of hydrogen-bond acceptors (Lipinski definition) is 1. The molecule has 0 N–H and O–H groups in total. The van der Waals surface area contributed by atoms with Gasteiger partial charge in [-0.1, -0.05) is 0 Å². The van der Waals surface area contributed by atoms with Gasteiger partial charge in [0, 0.05) is 0 Å². The molecule has 0 saturated carbocycles. The van der Waals surface area contributed by atoms with Crippen molar-refractivity contribution in [2.45, 2.75) is 137 Å². The van der Waals surface area contributed by atoms with E-state index >= 15 is 0 Å². The van der Waals surface area contributed by atoms with Gasteiger partial charge in [0.05, 0.1) is 0 Å². The van der Waals surface area contributed by atoms with E-state index in [0.717, 1.165) is 65.0 Å². The van der Waals surface area contributed by atoms with Crippen LogP contribution < -0.4 is 4.04 Å². The second kappa shape index (κ2) is 17.1. The molecule has 0 fully saturated rings. The number of nitrogens with zero attached hydrogens (tertiary/aromatic N) is 3. The molecule has 261 valence electrons. The van der Waals surface area contributed by atoms with E-state index in [1.54, 1.807) is 0 Å². The van der Waals surface area contributed by atoms with Crippen molar-refractivity contribution in [3.63, 3.8) is 0 Å². The molecule has 0 spiro atoms. The number of hydrogen-bond donors (Lipinski definition) is 0. The van der Waals surface area contributed by atoms with Gasteiger partial charge in [-0.05, 0) is 0 Å². The predicted molar refractivity (Wildman–Crippen MR) is 202 cm³/mol. The summed E-state index contributed by atoms with van der Waals surface area (Å²) in [7, 11) is 16.0. The van der Waals surface area contributed by atoms with Gasteiger partial charge in [-0.15, -0.1) is 0 Å². The van der Waals surface area contributed by atoms with Crippen molar-refractivity contribution in [3.05, 3.63) is 99.0 Å². The first kappa shape index (κ1) is 37.9. The summed E-state index contributed by atoms with van der Waals surface area (Å²) < 4.78 is 6.80. The van der Waals surface area contributed by atoms with Crippen LogP contribution in [0.15, 0.2) is 67.1 Å². The van der Waals surface area contributed by atoms with Gasteiger partial charge < -0.3 is 0 Å². The van der Waals surface area contributed by atoms with Gasteiger partial charge >= 0.3 is 298 Å². The summed E-state index contributed by atoms with van der Waals surface area (Å²) in [6, 6.07) is 18.0. The average Bonchev–Trinajstić information content (AvgIpc) is 3.53. The van der Waals surface area contributed by atoms with Crippen LogP contribution >= 0.6 is 19.1 Å². The van der Waals surface area contributed by atoms with E-state index in [4.69, 9.17) is 24.0 Å². The first-order valence-corrected chi connectivity index (χ1v) is 23.6. The van der Waals surface area contributed by atoms with E-state index in [-0.39, 0.29) is 0 Å². The minimum absolute atomic E-state index is 0.433. The van der Waals surface area contributed by atoms with Crippen molar-refractivity contribution in [1.82, 2.24) is 14.1 Å². The van der Waals surface area contributed by atoms with Crippen LogP contribution in [0.5, 0.6) is 0 Å². The Hall–Kier alpha value is -1.96. The third-order valence-corrected chi connectivity index (χ3v) is 16.7. The van der Waals surface area contributed by atoms with Crippen LogP contribution in [-0.2, 0) is 13.0 Å². The van der Waals surface area contributed by atoms with E-state index < -0.39 is 13.0 Å². The summed E-state index contributed by atoms with van der Waals surface area (Å²) in [6.07, 6.45) is 15.0. The Labute approximate surface area is 296 Å². The summed E-state index contributed by atoms with van der Waals surface area (Å²) in [6.45, 7) is 20.6. The van der Waals surface area contributed by atoms with Crippen LogP contribution in [0.2, 0.25) is 0 Å². The summed E-state index contributed by atoms with van der Waals surface area (Å²) >= 11 is -3.57. The Morgan fingerprint density at radius 2 is 0.894 bits per heavy atom. The molecule has 0 bridgehead atoms. The Balaban J connectivity index is 2.35. The standard InChI is InChI=1S/C35H52N2.C6H6N.2ClH.Pd/c1-9-26(10-2)30-19-17-20-31(27(11-3)12-4)34(30)36-23-24-37(25-36)35-32(28(13-5)14-6)21-18-22-33(35)29(15-7)16-8;1-6-4-2-3-5-7-6;;;/h17-24,26-29H,9-16H2,1-8H3;2-3,5H,1H3;2*1H;/q;;;;+2/p-2. The fraction of sp³-hybridized carbons (Fsp3) is 0.512. The van der Waals surface area contributed by atoms with Gasteiger partial charge in [0.25, 0.3) is 0 Å². The van der Waals surface area contributed by atoms with Crippen molar-refractivity contribution >= 4 is 23.1 Å². The topological polar surface area (TPSA) is 22.8 Å². The van der Waals surface area contributed by atoms with Crippen molar-refractivity contribution in [2.24, 2.45) is 0 Å². The van der Waals surface area contributed by atoms with E-state index in [1.807, 2.05) is 19.2 Å². The maximum atomic E-state index is 7.98. The molecule has 4 aromatic rings. The SMILES string of the molecule is CCC(CC)c1cccc(C(CC)CC)c1-n1ccn(-c2c(C(CC)CC)cccc2C(CC)CC)[c]1=[Pd]([Cl])([Cl])[c]1cccnc1C. The van der Waals surface area contributed by atoms with Gasteiger partial charge in [0.15, 0.2) is 0 Å². The Morgan fingerprint density at radius 3 is 1.19 bits per heavy atom. The van der Waals surface area contributed by atoms with Crippen molar-refractivity contribution in [2.75, 3.05) is 0 Å². The Bertz CT molecular complexity index is 1540. The Kier molecular flexibility index (Phi) is 13.8. The summed E-state index contributed by atoms with van der Waals surface area (Å²) in [4.78, 5) is 4.70. The molecule has 6 heteroatoms. The van der Waals surface area contributed by atoms with Crippen LogP contribution in [0, 0.1) is 10.8 Å². The normalized spacial score (nSPS) is 12.7. The molecule has 2 aromatic heterocycles. The number of halogens is 2. The molecule has 0 aliphatic heterocycles. The molecule has 0 radical (unpaired) electrons. The number of rotatable bonds is 15. The van der Waals surface area contributed by atoms with Gasteiger partial charge in [-0.2, -0.15) is 0 Å². The molecule has 0 unspecified atom stereocenters. The number of para-hydroxylation sites is 2. The minimum atomic E-state index is -3.57. The van der Waals surface area contributed by atoms with Crippen molar-refractivity contribution < 1.29 is 13.0 Å². The van der Waals surface area contributed by atoms with Crippen LogP contribution in [0.4, 0.5) is 0 Å². The molecular weight excluding hydrogens is 712 g/mol. The molecule has 0 saturated heterocycles. The molecule has 0 aliphatic rings. The monoisotopic (exact) mass is 768 g/mol. The fourth-order valence-electron chi connectivity index (χ4n) is 7.56. The molecule has 0 atom stereocenters. The number of benzene rings is 2. The Morgan fingerprint density at radius 1 is 0.553 bits per heavy atom. The molecule has 0 amide bonds. The van der Waals surface area contributed by atoms with Gasteiger partial charge in [-0.25, -0.2) is 0 Å². The zero-order valence-electron chi connectivity index (χ0n) is 30.2. The number of pyridine rings is 1. The zero-order valence-corrected chi connectivity index (χ0v) is 33.3. The quantitative estimate of drug-likeness (QED) is 0.110. The number of aryl methyl sites for hydroxylation is 1. The van der Waals surface area contributed by atoms with E-state index in [9.17, 15) is 0 Å². The third kappa shape index (κ3) is 7.48.